The number of nitrogens with two attached hydrogens (primary N) is 1. The summed E-state index contributed by atoms with van der Waals surface area (Å²) in [7, 11) is 4.72. The normalized spacial score (nSPS) is 11.0. The molecule has 0 radical (unpaired) electrons. The predicted molar refractivity (Wildman–Crippen MR) is 130 cm³/mol. The number of anilines is 2. The molecule has 3 aromatic carbocycles. The highest BCUT2D eigenvalue weighted by atomic mass is 16.5. The number of nitrogens with one attached hydrogen (secondary N) is 1. The molecule has 32 heavy (non-hydrogen) atoms. The summed E-state index contributed by atoms with van der Waals surface area (Å²) in [6.45, 7) is 0. The lowest BCUT2D eigenvalue weighted by molar-refractivity contribution is -0.111. The minimum Gasteiger partial charge on any atom is -0.493 e. The second kappa shape index (κ2) is 10.7. The first kappa shape index (κ1) is 22.5. The summed E-state index contributed by atoms with van der Waals surface area (Å²) >= 11 is 0. The Balaban J connectivity index is 1.80. The Labute approximate surface area is 187 Å². The van der Waals surface area contributed by atoms with Crippen LogP contribution in [-0.4, -0.2) is 27.2 Å². The van der Waals surface area contributed by atoms with Gasteiger partial charge in [-0.15, -0.1) is 0 Å². The van der Waals surface area contributed by atoms with Gasteiger partial charge in [-0.05, 0) is 47.0 Å². The third-order valence-electron chi connectivity index (χ3n) is 4.77. The van der Waals surface area contributed by atoms with Gasteiger partial charge >= 0.3 is 0 Å². The largest absolute Gasteiger partial charge is 0.493 e. The van der Waals surface area contributed by atoms with Crippen molar-refractivity contribution in [3.8, 4) is 17.2 Å². The summed E-state index contributed by atoms with van der Waals surface area (Å²) in [5, 5.41) is 2.91. The van der Waals surface area contributed by atoms with Gasteiger partial charge < -0.3 is 25.3 Å². The lowest BCUT2D eigenvalue weighted by atomic mass is 10.1. The maximum Gasteiger partial charge on any atom is 0.248 e. The van der Waals surface area contributed by atoms with E-state index in [-0.39, 0.29) is 5.91 Å². The molecule has 0 aliphatic rings. The summed E-state index contributed by atoms with van der Waals surface area (Å²) in [6, 6.07) is 18.6. The van der Waals surface area contributed by atoms with E-state index in [4.69, 9.17) is 19.9 Å². The van der Waals surface area contributed by atoms with E-state index in [1.807, 2.05) is 66.7 Å². The molecule has 3 N–H and O–H groups in total. The van der Waals surface area contributed by atoms with Gasteiger partial charge in [-0.3, -0.25) is 4.79 Å². The summed E-state index contributed by atoms with van der Waals surface area (Å²) in [4.78, 5) is 12.5. The SMILES string of the molecule is COc1cc(C=Cc2ccccc2NC(=O)/C=C/c2ccccc2N)cc(OC)c1OC. The zero-order valence-corrected chi connectivity index (χ0v) is 18.3. The van der Waals surface area contributed by atoms with Crippen LogP contribution in [0.2, 0.25) is 0 Å². The molecular weight excluding hydrogens is 404 g/mol. The second-order valence-corrected chi connectivity index (χ2v) is 6.83. The van der Waals surface area contributed by atoms with Crippen LogP contribution in [0.4, 0.5) is 11.4 Å². The molecule has 1 amide bonds. The Morgan fingerprint density at radius 2 is 1.44 bits per heavy atom. The number of ether oxygens (including phenoxy) is 3. The number of carbonyl (C=O) groups excluding carboxylic acids is 1. The van der Waals surface area contributed by atoms with Crippen molar-refractivity contribution < 1.29 is 19.0 Å². The van der Waals surface area contributed by atoms with Crippen molar-refractivity contribution in [2.45, 2.75) is 0 Å². The first-order valence-corrected chi connectivity index (χ1v) is 9.96. The highest BCUT2D eigenvalue weighted by molar-refractivity contribution is 6.03. The topological polar surface area (TPSA) is 82.8 Å². The number of hydrogen-bond acceptors (Lipinski definition) is 5. The first-order valence-electron chi connectivity index (χ1n) is 9.96. The maximum atomic E-state index is 12.5. The van der Waals surface area contributed by atoms with Crippen molar-refractivity contribution in [1.82, 2.24) is 0 Å². The van der Waals surface area contributed by atoms with Crippen LogP contribution in [0, 0.1) is 0 Å². The van der Waals surface area contributed by atoms with Gasteiger partial charge in [0.05, 0.1) is 21.3 Å². The standard InChI is InChI=1S/C26H26N2O4/c1-30-23-16-18(17-24(31-2)26(23)32-3)12-13-20-9-5-7-11-22(20)28-25(29)15-14-19-8-4-6-10-21(19)27/h4-17H,27H2,1-3H3,(H,28,29)/b13-12?,15-14+. The molecular formula is C26H26N2O4. The van der Waals surface area contributed by atoms with E-state index in [0.29, 0.717) is 28.6 Å². The van der Waals surface area contributed by atoms with Crippen LogP contribution in [0.5, 0.6) is 17.2 Å². The van der Waals surface area contributed by atoms with E-state index in [1.165, 1.54) is 6.08 Å². The molecule has 0 fully saturated rings. The van der Waals surface area contributed by atoms with Crippen LogP contribution in [0.1, 0.15) is 16.7 Å². The van der Waals surface area contributed by atoms with Crippen molar-refractivity contribution in [2.24, 2.45) is 0 Å². The van der Waals surface area contributed by atoms with Gasteiger partial charge in [-0.2, -0.15) is 0 Å². The molecule has 0 saturated heterocycles. The monoisotopic (exact) mass is 430 g/mol. The number of rotatable bonds is 8. The average molecular weight is 431 g/mol. The van der Waals surface area contributed by atoms with Gasteiger partial charge in [-0.25, -0.2) is 0 Å². The van der Waals surface area contributed by atoms with Gasteiger partial charge in [0, 0.05) is 17.5 Å². The molecule has 0 saturated carbocycles. The molecule has 0 aromatic heterocycles. The summed E-state index contributed by atoms with van der Waals surface area (Å²) in [6.07, 6.45) is 6.98. The van der Waals surface area contributed by atoms with Crippen LogP contribution in [0.15, 0.2) is 66.7 Å². The van der Waals surface area contributed by atoms with E-state index in [9.17, 15) is 4.79 Å². The Bertz CT molecular complexity index is 1130. The number of hydrogen-bond donors (Lipinski definition) is 2. The van der Waals surface area contributed by atoms with Gasteiger partial charge in [-0.1, -0.05) is 48.6 Å². The van der Waals surface area contributed by atoms with Crippen molar-refractivity contribution >= 4 is 35.5 Å². The van der Waals surface area contributed by atoms with Gasteiger partial charge in [0.25, 0.3) is 0 Å². The number of benzene rings is 3. The second-order valence-electron chi connectivity index (χ2n) is 6.83. The van der Waals surface area contributed by atoms with Crippen LogP contribution in [0.3, 0.4) is 0 Å². The molecule has 3 rings (SSSR count). The summed E-state index contributed by atoms with van der Waals surface area (Å²) < 4.78 is 16.2. The third-order valence-corrected chi connectivity index (χ3v) is 4.77. The Kier molecular flexibility index (Phi) is 7.54. The number of para-hydroxylation sites is 2. The molecule has 0 aliphatic heterocycles. The predicted octanol–water partition coefficient (Wildman–Crippen LogP) is 5.12. The number of methoxy groups -OCH3 is 3. The number of carbonyl (C=O) groups is 1. The molecule has 6 nitrogen and oxygen atoms in total. The lowest BCUT2D eigenvalue weighted by Crippen LogP contribution is -2.08. The minimum absolute atomic E-state index is 0.248. The van der Waals surface area contributed by atoms with E-state index in [2.05, 4.69) is 5.32 Å². The van der Waals surface area contributed by atoms with E-state index < -0.39 is 0 Å². The van der Waals surface area contributed by atoms with E-state index in [0.717, 1.165) is 16.7 Å². The van der Waals surface area contributed by atoms with Crippen LogP contribution < -0.4 is 25.3 Å². The van der Waals surface area contributed by atoms with Gasteiger partial charge in [0.1, 0.15) is 0 Å². The van der Waals surface area contributed by atoms with Gasteiger partial charge in [0.15, 0.2) is 11.5 Å². The zero-order valence-electron chi connectivity index (χ0n) is 18.3. The Morgan fingerprint density at radius 1 is 0.812 bits per heavy atom. The van der Waals surface area contributed by atoms with Crippen LogP contribution in [0.25, 0.3) is 18.2 Å². The maximum absolute atomic E-state index is 12.5. The summed E-state index contributed by atoms with van der Waals surface area (Å²) in [5.74, 6) is 1.42. The molecule has 0 heterocycles. The zero-order chi connectivity index (χ0) is 22.9. The molecule has 0 aliphatic carbocycles. The highest BCUT2D eigenvalue weighted by Crippen LogP contribution is 2.38. The first-order chi connectivity index (χ1) is 15.5. The van der Waals surface area contributed by atoms with Crippen molar-refractivity contribution in [3.63, 3.8) is 0 Å². The number of nitrogen functional groups attached to an aromatic ring is 1. The fourth-order valence-corrected chi connectivity index (χ4v) is 3.14. The average Bonchev–Trinajstić information content (AvgIpc) is 2.82. The molecule has 0 bridgehead atoms. The quantitative estimate of drug-likeness (QED) is 0.295. The summed E-state index contributed by atoms with van der Waals surface area (Å²) in [5.41, 5.74) is 9.72. The fourth-order valence-electron chi connectivity index (χ4n) is 3.14. The lowest BCUT2D eigenvalue weighted by Gasteiger charge is -2.13. The molecule has 0 atom stereocenters. The van der Waals surface area contributed by atoms with E-state index in [1.54, 1.807) is 33.5 Å². The fraction of sp³-hybridized carbons (Fsp3) is 0.115. The Hall–Kier alpha value is -4.19. The molecule has 0 unspecified atom stereocenters. The molecule has 0 spiro atoms. The van der Waals surface area contributed by atoms with Crippen molar-refractivity contribution in [2.75, 3.05) is 32.4 Å². The smallest absolute Gasteiger partial charge is 0.248 e. The molecule has 164 valence electrons. The van der Waals surface area contributed by atoms with Crippen molar-refractivity contribution in [1.29, 1.82) is 0 Å². The highest BCUT2D eigenvalue weighted by Gasteiger charge is 2.12. The molecule has 6 heteroatoms. The van der Waals surface area contributed by atoms with Crippen molar-refractivity contribution in [3.05, 3.63) is 83.4 Å². The van der Waals surface area contributed by atoms with E-state index >= 15 is 0 Å². The van der Waals surface area contributed by atoms with Crippen LogP contribution >= 0.6 is 0 Å². The van der Waals surface area contributed by atoms with Crippen LogP contribution in [-0.2, 0) is 4.79 Å². The van der Waals surface area contributed by atoms with Gasteiger partial charge in [0.2, 0.25) is 11.7 Å². The molecule has 3 aromatic rings. The third kappa shape index (κ3) is 5.49. The Morgan fingerprint density at radius 3 is 2.06 bits per heavy atom. The minimum atomic E-state index is -0.248. The number of amides is 1.